The van der Waals surface area contributed by atoms with Crippen molar-refractivity contribution in [3.63, 3.8) is 0 Å². The summed E-state index contributed by atoms with van der Waals surface area (Å²) in [6.07, 6.45) is -9.74. The van der Waals surface area contributed by atoms with Gasteiger partial charge in [-0.1, -0.05) is 0 Å². The first-order valence-corrected chi connectivity index (χ1v) is 4.29. The van der Waals surface area contributed by atoms with Crippen LogP contribution in [0.5, 0.6) is 0 Å². The minimum atomic E-state index is -4.89. The van der Waals surface area contributed by atoms with Crippen molar-refractivity contribution in [1.82, 2.24) is 0 Å². The van der Waals surface area contributed by atoms with Crippen LogP contribution in [0.15, 0.2) is 4.99 Å². The van der Waals surface area contributed by atoms with Crippen LogP contribution in [0, 0.1) is 0 Å². The van der Waals surface area contributed by atoms with Gasteiger partial charge in [0.25, 0.3) is 0 Å². The molecule has 0 radical (unpaired) electrons. The third-order valence-electron chi connectivity index (χ3n) is 2.00. The van der Waals surface area contributed by atoms with Gasteiger partial charge in [-0.15, -0.1) is 0 Å². The molecule has 86 valence electrons. The van der Waals surface area contributed by atoms with E-state index in [4.69, 9.17) is 10.8 Å². The highest BCUT2D eigenvalue weighted by molar-refractivity contribution is 8.15. The van der Waals surface area contributed by atoms with E-state index >= 15 is 0 Å². The lowest BCUT2D eigenvalue weighted by Gasteiger charge is -2.26. The van der Waals surface area contributed by atoms with Gasteiger partial charge in [-0.3, -0.25) is 0 Å². The topological polar surface area (TPSA) is 67.8 Å². The first-order valence-electron chi connectivity index (χ1n) is 3.47. The van der Waals surface area contributed by atoms with E-state index < -0.39 is 39.9 Å². The number of rotatable bonds is 0. The van der Waals surface area contributed by atoms with E-state index in [0.29, 0.717) is 0 Å². The van der Waals surface area contributed by atoms with Gasteiger partial charge in [-0.25, -0.2) is 14.1 Å². The largest absolute Gasteiger partial charge is 0.414 e. The minimum absolute atomic E-state index is 0.497. The number of aliphatic hydroxyl groups is 1. The van der Waals surface area contributed by atoms with Crippen LogP contribution in [0.4, 0.5) is 22.0 Å². The van der Waals surface area contributed by atoms with Crippen molar-refractivity contribution in [2.45, 2.75) is 22.9 Å². The zero-order chi connectivity index (χ0) is 11.7. The lowest BCUT2D eigenvalue weighted by atomic mass is 10.1. The number of nitrogens with zero attached hydrogens (tertiary/aromatic N) is 1. The Kier molecular flexibility index (Phi) is 1.73. The molecule has 0 aromatic rings. The van der Waals surface area contributed by atoms with Crippen LogP contribution in [0.2, 0.25) is 0 Å². The molecule has 3 N–H and O–H groups in total. The number of hydrogen-bond acceptors (Lipinski definition) is 5. The quantitative estimate of drug-likeness (QED) is 0.618. The summed E-state index contributed by atoms with van der Waals surface area (Å²) in [7, 11) is 0. The minimum Gasteiger partial charge on any atom is -0.378 e. The number of halogens is 5. The second kappa shape index (κ2) is 2.38. The number of thioether (sulfide) groups is 1. The molecule has 15 heavy (non-hydrogen) atoms. The van der Waals surface area contributed by atoms with Gasteiger partial charge < -0.3 is 10.8 Å². The van der Waals surface area contributed by atoms with Crippen molar-refractivity contribution in [2.24, 2.45) is 10.7 Å². The maximum absolute atomic E-state index is 13.6. The van der Waals surface area contributed by atoms with E-state index in [0.717, 1.165) is 0 Å². The van der Waals surface area contributed by atoms with E-state index in [9.17, 15) is 22.0 Å². The lowest BCUT2D eigenvalue weighted by Crippen LogP contribution is -2.54. The Balaban J connectivity index is 2.61. The first-order chi connectivity index (χ1) is 6.56. The average Bonchev–Trinajstić information content (AvgIpc) is 2.26. The summed E-state index contributed by atoms with van der Waals surface area (Å²) in [5.41, 5.74) is 0.827. The van der Waals surface area contributed by atoms with Gasteiger partial charge in [-0.2, -0.15) is 17.6 Å². The summed E-state index contributed by atoms with van der Waals surface area (Å²) in [4.78, 5) is 2.59. The predicted molar refractivity (Wildman–Crippen MR) is 39.0 cm³/mol. The number of hydrogen-bond donors (Lipinski definition) is 2. The van der Waals surface area contributed by atoms with E-state index in [-0.39, 0.29) is 0 Å². The Labute approximate surface area is 83.3 Å². The third kappa shape index (κ3) is 0.967. The van der Waals surface area contributed by atoms with Gasteiger partial charge >= 0.3 is 22.9 Å². The van der Waals surface area contributed by atoms with Gasteiger partial charge in [0, 0.05) is 0 Å². The molecular weight excluding hydrogens is 247 g/mol. The van der Waals surface area contributed by atoms with Crippen LogP contribution in [0.25, 0.3) is 0 Å². The molecule has 0 aromatic carbocycles. The van der Waals surface area contributed by atoms with Crippen LogP contribution < -0.4 is 5.73 Å². The highest BCUT2D eigenvalue weighted by Gasteiger charge is 2.89. The molecule has 0 aliphatic carbocycles. The number of aliphatic imine (C=N–C) groups is 1. The van der Waals surface area contributed by atoms with E-state index in [1.54, 1.807) is 0 Å². The fraction of sp³-hybridized carbons (Fsp3) is 0.800. The Morgan fingerprint density at radius 1 is 1.20 bits per heavy atom. The number of fused-ring (bicyclic) bond motifs is 1. The van der Waals surface area contributed by atoms with E-state index in [2.05, 4.69) is 9.73 Å². The van der Waals surface area contributed by atoms with Crippen LogP contribution in [0.1, 0.15) is 0 Å². The molecule has 4 nitrogen and oxygen atoms in total. The molecule has 0 aromatic heterocycles. The zero-order valence-corrected chi connectivity index (χ0v) is 7.49. The lowest BCUT2D eigenvalue weighted by molar-refractivity contribution is -0.355. The van der Waals surface area contributed by atoms with Crippen molar-refractivity contribution in [2.75, 3.05) is 0 Å². The molecule has 2 unspecified atom stereocenters. The van der Waals surface area contributed by atoms with Crippen LogP contribution >= 0.6 is 11.8 Å². The summed E-state index contributed by atoms with van der Waals surface area (Å²) in [6.45, 7) is 0. The van der Waals surface area contributed by atoms with Crippen molar-refractivity contribution in [1.29, 1.82) is 0 Å². The second-order valence-corrected chi connectivity index (χ2v) is 4.14. The smallest absolute Gasteiger partial charge is 0.378 e. The molecule has 0 saturated carbocycles. The maximum Gasteiger partial charge on any atom is 0.414 e. The van der Waals surface area contributed by atoms with Crippen LogP contribution in [0.3, 0.4) is 0 Å². The summed E-state index contributed by atoms with van der Waals surface area (Å²) < 4.78 is 67.7. The van der Waals surface area contributed by atoms with Crippen LogP contribution in [-0.2, 0) is 4.74 Å². The highest BCUT2D eigenvalue weighted by atomic mass is 32.2. The zero-order valence-electron chi connectivity index (χ0n) is 6.68. The summed E-state index contributed by atoms with van der Waals surface area (Å²) in [5.74, 6) is 0. The Morgan fingerprint density at radius 2 is 1.73 bits per heavy atom. The third-order valence-corrected chi connectivity index (χ3v) is 3.11. The van der Waals surface area contributed by atoms with E-state index in [1.807, 2.05) is 0 Å². The van der Waals surface area contributed by atoms with Gasteiger partial charge in [0.1, 0.15) is 0 Å². The summed E-state index contributed by atoms with van der Waals surface area (Å²) in [5, 5.41) is 4.09. The molecule has 0 spiro atoms. The summed E-state index contributed by atoms with van der Waals surface area (Å²) >= 11 is -0.497. The number of nitrogens with two attached hydrogens (primary N) is 1. The molecule has 10 heteroatoms. The Bertz CT molecular complexity index is 363. The SMILES string of the molecule is NC1=NC2(O)C(F)(F)OC(F)(F)C2(F)S1. The van der Waals surface area contributed by atoms with E-state index in [1.165, 1.54) is 0 Å². The van der Waals surface area contributed by atoms with Gasteiger partial charge in [0.2, 0.25) is 0 Å². The van der Waals surface area contributed by atoms with Crippen molar-refractivity contribution >= 4 is 16.9 Å². The fourth-order valence-electron chi connectivity index (χ4n) is 1.28. The molecule has 1 fully saturated rings. The Morgan fingerprint density at radius 3 is 2.20 bits per heavy atom. The predicted octanol–water partition coefficient (Wildman–Crippen LogP) is 0.618. The molecule has 2 atom stereocenters. The van der Waals surface area contributed by atoms with Crippen molar-refractivity contribution < 1.29 is 31.8 Å². The van der Waals surface area contributed by atoms with Gasteiger partial charge in [0.15, 0.2) is 5.17 Å². The average molecular weight is 250 g/mol. The van der Waals surface area contributed by atoms with Crippen LogP contribution in [-0.4, -0.2) is 33.2 Å². The standard InChI is InChI=1S/C5H3F5N2O2S/c6-2-3(13,12-1(11)15-2)5(9,10)14-4(2,7)8/h13H,(H2,11,12). The number of ether oxygens (including phenoxy) is 1. The molecule has 0 amide bonds. The fourth-order valence-corrected chi connectivity index (χ4v) is 2.22. The molecular formula is C5H3F5N2O2S. The van der Waals surface area contributed by atoms with Gasteiger partial charge in [-0.05, 0) is 11.8 Å². The van der Waals surface area contributed by atoms with Crippen molar-refractivity contribution in [3.05, 3.63) is 0 Å². The number of alkyl halides is 5. The Hall–Kier alpha value is -0.610. The second-order valence-electron chi connectivity index (χ2n) is 2.96. The number of amidine groups is 1. The van der Waals surface area contributed by atoms with Gasteiger partial charge in [0.05, 0.1) is 0 Å². The molecule has 2 aliphatic heterocycles. The molecule has 1 saturated heterocycles. The normalized spacial score (nSPS) is 46.4. The highest BCUT2D eigenvalue weighted by Crippen LogP contribution is 2.65. The molecule has 0 bridgehead atoms. The molecule has 2 aliphatic rings. The summed E-state index contributed by atoms with van der Waals surface area (Å²) in [6, 6.07) is 0. The van der Waals surface area contributed by atoms with Crippen molar-refractivity contribution in [3.8, 4) is 0 Å². The first kappa shape index (κ1) is 10.9. The maximum atomic E-state index is 13.6. The molecule has 2 heterocycles. The monoisotopic (exact) mass is 250 g/mol. The molecule has 2 rings (SSSR count).